The number of carbonyl (C=O) groups excluding carboxylic acids is 2. The van der Waals surface area contributed by atoms with Crippen molar-refractivity contribution in [3.8, 4) is 5.75 Å². The van der Waals surface area contributed by atoms with E-state index in [9.17, 15) is 9.59 Å². The Kier molecular flexibility index (Phi) is 6.79. The lowest BCUT2D eigenvalue weighted by molar-refractivity contribution is -0.132. The highest BCUT2D eigenvalue weighted by Crippen LogP contribution is 2.20. The van der Waals surface area contributed by atoms with Crippen LogP contribution in [0.25, 0.3) is 0 Å². The maximum absolute atomic E-state index is 12.3. The van der Waals surface area contributed by atoms with Gasteiger partial charge in [-0.05, 0) is 56.9 Å². The Labute approximate surface area is 144 Å². The van der Waals surface area contributed by atoms with Gasteiger partial charge in [0.2, 0.25) is 5.91 Å². The molecule has 1 atom stereocenters. The second kappa shape index (κ2) is 8.83. The van der Waals surface area contributed by atoms with Crippen molar-refractivity contribution in [1.29, 1.82) is 0 Å². The van der Waals surface area contributed by atoms with Gasteiger partial charge in [-0.1, -0.05) is 0 Å². The molecule has 5 heteroatoms. The number of Topliss-reactive ketones (excluding diaryl/α,β-unsaturated/α-hetero) is 1. The van der Waals surface area contributed by atoms with Crippen molar-refractivity contribution in [2.75, 3.05) is 19.7 Å². The Morgan fingerprint density at radius 2 is 1.83 bits per heavy atom. The van der Waals surface area contributed by atoms with E-state index in [1.165, 1.54) is 0 Å². The maximum atomic E-state index is 12.3. The van der Waals surface area contributed by atoms with Crippen LogP contribution in [0.4, 0.5) is 0 Å². The van der Waals surface area contributed by atoms with Gasteiger partial charge >= 0.3 is 0 Å². The van der Waals surface area contributed by atoms with Gasteiger partial charge in [0, 0.05) is 37.5 Å². The molecule has 0 aliphatic carbocycles. The van der Waals surface area contributed by atoms with Gasteiger partial charge in [0.05, 0.1) is 6.61 Å². The van der Waals surface area contributed by atoms with Crippen molar-refractivity contribution < 1.29 is 14.3 Å². The number of ether oxygens (including phenoxy) is 1. The molecule has 1 saturated heterocycles. The maximum Gasteiger partial charge on any atom is 0.223 e. The molecule has 0 radical (unpaired) electrons. The zero-order valence-corrected chi connectivity index (χ0v) is 14.7. The highest BCUT2D eigenvalue weighted by atomic mass is 16.5. The molecule has 24 heavy (non-hydrogen) atoms. The van der Waals surface area contributed by atoms with Gasteiger partial charge in [0.1, 0.15) is 5.75 Å². The molecule has 132 valence electrons. The molecule has 0 aromatic heterocycles. The zero-order valence-electron chi connectivity index (χ0n) is 14.7. The Bertz CT molecular complexity index is 546. The third-order valence-corrected chi connectivity index (χ3v) is 4.69. The largest absolute Gasteiger partial charge is 0.494 e. The molecule has 1 aliphatic heterocycles. The number of ketones is 1. The molecule has 1 aliphatic rings. The molecule has 1 amide bonds. The van der Waals surface area contributed by atoms with E-state index in [1.807, 2.05) is 18.7 Å². The van der Waals surface area contributed by atoms with E-state index in [2.05, 4.69) is 0 Å². The molecule has 0 spiro atoms. The van der Waals surface area contributed by atoms with Gasteiger partial charge in [-0.25, -0.2) is 0 Å². The first-order chi connectivity index (χ1) is 11.5. The summed E-state index contributed by atoms with van der Waals surface area (Å²) >= 11 is 0. The summed E-state index contributed by atoms with van der Waals surface area (Å²) in [6, 6.07) is 7.27. The number of nitrogens with zero attached hydrogens (tertiary/aromatic N) is 1. The summed E-state index contributed by atoms with van der Waals surface area (Å²) in [4.78, 5) is 26.4. The highest BCUT2D eigenvalue weighted by molar-refractivity contribution is 5.98. The summed E-state index contributed by atoms with van der Waals surface area (Å²) in [7, 11) is 0. The lowest BCUT2D eigenvalue weighted by Gasteiger charge is -2.33. The first kappa shape index (κ1) is 18.5. The Morgan fingerprint density at radius 1 is 1.21 bits per heavy atom. The number of piperidine rings is 1. The molecule has 2 rings (SSSR count). The molecule has 0 bridgehead atoms. The molecular weight excluding hydrogens is 304 g/mol. The SMILES string of the molecule is CCOc1ccc(C(=O)CCC(=O)N2CCC(C(C)N)CC2)cc1. The Hall–Kier alpha value is -1.88. The monoisotopic (exact) mass is 332 g/mol. The van der Waals surface area contributed by atoms with Crippen LogP contribution >= 0.6 is 0 Å². The number of amides is 1. The standard InChI is InChI=1S/C19H28N2O3/c1-3-24-17-6-4-16(5-7-17)18(22)8-9-19(23)21-12-10-15(11-13-21)14(2)20/h4-7,14-15H,3,8-13,20H2,1-2H3. The van der Waals surface area contributed by atoms with Crippen molar-refractivity contribution in [2.45, 2.75) is 45.6 Å². The second-order valence-corrected chi connectivity index (χ2v) is 6.46. The first-order valence-electron chi connectivity index (χ1n) is 8.80. The molecule has 1 aromatic rings. The second-order valence-electron chi connectivity index (χ2n) is 6.46. The van der Waals surface area contributed by atoms with Crippen LogP contribution in [-0.4, -0.2) is 42.3 Å². The number of nitrogens with two attached hydrogens (primary N) is 1. The third kappa shape index (κ3) is 5.06. The predicted molar refractivity (Wildman–Crippen MR) is 94.1 cm³/mol. The Balaban J connectivity index is 1.78. The molecule has 1 aromatic carbocycles. The summed E-state index contributed by atoms with van der Waals surface area (Å²) in [5.41, 5.74) is 6.55. The van der Waals surface area contributed by atoms with Crippen molar-refractivity contribution >= 4 is 11.7 Å². The predicted octanol–water partition coefficient (Wildman–Crippen LogP) is 2.63. The van der Waals surface area contributed by atoms with E-state index in [0.717, 1.165) is 31.7 Å². The van der Waals surface area contributed by atoms with Gasteiger partial charge in [-0.3, -0.25) is 9.59 Å². The van der Waals surface area contributed by atoms with Crippen LogP contribution in [0.2, 0.25) is 0 Å². The highest BCUT2D eigenvalue weighted by Gasteiger charge is 2.24. The molecule has 1 unspecified atom stereocenters. The van der Waals surface area contributed by atoms with Gasteiger partial charge in [0.25, 0.3) is 0 Å². The van der Waals surface area contributed by atoms with Crippen LogP contribution in [-0.2, 0) is 4.79 Å². The van der Waals surface area contributed by atoms with E-state index in [1.54, 1.807) is 24.3 Å². The Morgan fingerprint density at radius 3 is 2.38 bits per heavy atom. The molecular formula is C19H28N2O3. The van der Waals surface area contributed by atoms with Gasteiger partial charge < -0.3 is 15.4 Å². The van der Waals surface area contributed by atoms with E-state index in [-0.39, 0.29) is 30.6 Å². The number of hydrogen-bond acceptors (Lipinski definition) is 4. The van der Waals surface area contributed by atoms with E-state index in [4.69, 9.17) is 10.5 Å². The minimum absolute atomic E-state index is 0.00290. The van der Waals surface area contributed by atoms with Gasteiger partial charge in [-0.15, -0.1) is 0 Å². The summed E-state index contributed by atoms with van der Waals surface area (Å²) in [5, 5.41) is 0. The number of carbonyl (C=O) groups is 2. The third-order valence-electron chi connectivity index (χ3n) is 4.69. The fraction of sp³-hybridized carbons (Fsp3) is 0.579. The van der Waals surface area contributed by atoms with Crippen LogP contribution in [0.1, 0.15) is 49.9 Å². The average Bonchev–Trinajstić information content (AvgIpc) is 2.60. The lowest BCUT2D eigenvalue weighted by atomic mass is 9.91. The number of likely N-dealkylation sites (tertiary alicyclic amines) is 1. The fourth-order valence-corrected chi connectivity index (χ4v) is 3.10. The van der Waals surface area contributed by atoms with E-state index < -0.39 is 0 Å². The smallest absolute Gasteiger partial charge is 0.223 e. The normalized spacial score (nSPS) is 16.7. The lowest BCUT2D eigenvalue weighted by Crippen LogP contribution is -2.42. The van der Waals surface area contributed by atoms with E-state index >= 15 is 0 Å². The summed E-state index contributed by atoms with van der Waals surface area (Å²) in [6.07, 6.45) is 2.43. The summed E-state index contributed by atoms with van der Waals surface area (Å²) < 4.78 is 5.36. The van der Waals surface area contributed by atoms with Crippen LogP contribution < -0.4 is 10.5 Å². The summed E-state index contributed by atoms with van der Waals surface area (Å²) in [6.45, 7) is 6.05. The zero-order chi connectivity index (χ0) is 17.5. The van der Waals surface area contributed by atoms with Crippen LogP contribution in [0.3, 0.4) is 0 Å². The number of rotatable bonds is 7. The quantitative estimate of drug-likeness (QED) is 0.779. The summed E-state index contributed by atoms with van der Waals surface area (Å²) in [5.74, 6) is 1.32. The number of benzene rings is 1. The van der Waals surface area contributed by atoms with Gasteiger partial charge in [-0.2, -0.15) is 0 Å². The topological polar surface area (TPSA) is 72.6 Å². The molecule has 1 fully saturated rings. The van der Waals surface area contributed by atoms with Crippen molar-refractivity contribution in [1.82, 2.24) is 4.90 Å². The number of hydrogen-bond donors (Lipinski definition) is 1. The first-order valence-corrected chi connectivity index (χ1v) is 8.80. The van der Waals surface area contributed by atoms with Crippen LogP contribution in [0.5, 0.6) is 5.75 Å². The molecule has 5 nitrogen and oxygen atoms in total. The van der Waals surface area contributed by atoms with Crippen molar-refractivity contribution in [3.63, 3.8) is 0 Å². The van der Waals surface area contributed by atoms with Crippen molar-refractivity contribution in [2.24, 2.45) is 11.7 Å². The van der Waals surface area contributed by atoms with Gasteiger partial charge in [0.15, 0.2) is 5.78 Å². The van der Waals surface area contributed by atoms with Crippen LogP contribution in [0.15, 0.2) is 24.3 Å². The molecule has 2 N–H and O–H groups in total. The minimum Gasteiger partial charge on any atom is -0.494 e. The minimum atomic E-state index is -0.00290. The van der Waals surface area contributed by atoms with Crippen molar-refractivity contribution in [3.05, 3.63) is 29.8 Å². The van der Waals surface area contributed by atoms with E-state index in [0.29, 0.717) is 18.1 Å². The average molecular weight is 332 g/mol. The fourth-order valence-electron chi connectivity index (χ4n) is 3.10. The molecule has 0 saturated carbocycles. The van der Waals surface area contributed by atoms with Crippen LogP contribution in [0, 0.1) is 5.92 Å². The molecule has 1 heterocycles.